The molecular weight excluding hydrogens is 503 g/mol. The molecule has 10 heteroatoms. The van der Waals surface area contributed by atoms with Crippen LogP contribution in [0.4, 0.5) is 13.2 Å². The quantitative estimate of drug-likeness (QED) is 0.280. The fourth-order valence-corrected chi connectivity index (χ4v) is 5.19. The Morgan fingerprint density at radius 1 is 0.872 bits per heavy atom. The molecule has 1 fully saturated rings. The topological polar surface area (TPSA) is 86.4 Å². The number of halogens is 3. The highest BCUT2D eigenvalue weighted by Gasteiger charge is 2.37. The summed E-state index contributed by atoms with van der Waals surface area (Å²) in [5.74, 6) is -2.36. The van der Waals surface area contributed by atoms with E-state index in [1.807, 2.05) is 24.3 Å². The molecule has 0 atom stereocenters. The molecule has 4 aromatic heterocycles. The second-order valence-corrected chi connectivity index (χ2v) is 9.91. The molecule has 5 heterocycles. The zero-order valence-corrected chi connectivity index (χ0v) is 20.6. The first-order valence-electron chi connectivity index (χ1n) is 12.5. The monoisotopic (exact) mass is 525 g/mol. The van der Waals surface area contributed by atoms with Crippen LogP contribution >= 0.6 is 0 Å². The fourth-order valence-electron chi connectivity index (χ4n) is 5.19. The lowest BCUT2D eigenvalue weighted by Gasteiger charge is -2.15. The number of benzene rings is 2. The lowest BCUT2D eigenvalue weighted by Crippen LogP contribution is -2.24. The molecular formula is C29H22F3N7. The summed E-state index contributed by atoms with van der Waals surface area (Å²) >= 11 is 0. The van der Waals surface area contributed by atoms with Gasteiger partial charge in [0.15, 0.2) is 5.82 Å². The Morgan fingerprint density at radius 2 is 1.69 bits per heavy atom. The molecule has 0 bridgehead atoms. The molecule has 7 rings (SSSR count). The average Bonchev–Trinajstić information content (AvgIpc) is 3.64. The van der Waals surface area contributed by atoms with E-state index in [1.54, 1.807) is 41.8 Å². The maximum Gasteiger partial charge on any atom is 0.261 e. The molecule has 39 heavy (non-hydrogen) atoms. The Hall–Kier alpha value is -4.57. The molecule has 0 unspecified atom stereocenters. The van der Waals surface area contributed by atoms with Crippen molar-refractivity contribution >= 4 is 21.9 Å². The minimum absolute atomic E-state index is 0.108. The summed E-state index contributed by atoms with van der Waals surface area (Å²) in [5, 5.41) is 8.46. The molecule has 7 nitrogen and oxygen atoms in total. The molecule has 6 aromatic rings. The number of hydrogen-bond acceptors (Lipinski definition) is 5. The van der Waals surface area contributed by atoms with Crippen LogP contribution in [-0.2, 0) is 6.54 Å². The molecule has 194 valence electrons. The van der Waals surface area contributed by atoms with Crippen molar-refractivity contribution in [1.29, 1.82) is 0 Å². The Bertz CT molecular complexity index is 1820. The van der Waals surface area contributed by atoms with Gasteiger partial charge in [-0.05, 0) is 47.0 Å². The Balaban J connectivity index is 1.24. The summed E-state index contributed by atoms with van der Waals surface area (Å²) < 4.78 is 40.7. The number of aromatic amines is 2. The number of nitrogens with one attached hydrogen (secondary N) is 2. The van der Waals surface area contributed by atoms with E-state index in [-0.39, 0.29) is 18.8 Å². The highest BCUT2D eigenvalue weighted by atomic mass is 19.3. The Morgan fingerprint density at radius 3 is 2.51 bits per heavy atom. The van der Waals surface area contributed by atoms with Gasteiger partial charge in [-0.3, -0.25) is 20.0 Å². The van der Waals surface area contributed by atoms with Crippen molar-refractivity contribution in [2.45, 2.75) is 18.9 Å². The largest absolute Gasteiger partial charge is 0.335 e. The maximum absolute atomic E-state index is 13.6. The van der Waals surface area contributed by atoms with Crippen LogP contribution in [0.1, 0.15) is 12.0 Å². The van der Waals surface area contributed by atoms with Crippen molar-refractivity contribution in [3.63, 3.8) is 0 Å². The minimum Gasteiger partial charge on any atom is -0.335 e. The van der Waals surface area contributed by atoms with Gasteiger partial charge in [-0.15, -0.1) is 0 Å². The highest BCUT2D eigenvalue weighted by Crippen LogP contribution is 2.33. The average molecular weight is 526 g/mol. The Labute approximate surface area is 220 Å². The molecule has 0 saturated carbocycles. The molecule has 1 aliphatic heterocycles. The number of rotatable bonds is 5. The van der Waals surface area contributed by atoms with Gasteiger partial charge in [-0.1, -0.05) is 18.2 Å². The maximum atomic E-state index is 13.6. The zero-order chi connectivity index (χ0) is 26.6. The van der Waals surface area contributed by atoms with E-state index in [4.69, 9.17) is 4.98 Å². The van der Waals surface area contributed by atoms with E-state index in [0.29, 0.717) is 30.1 Å². The molecule has 1 saturated heterocycles. The summed E-state index contributed by atoms with van der Waals surface area (Å²) in [5.41, 5.74) is 7.24. The summed E-state index contributed by atoms with van der Waals surface area (Å²) in [6.45, 7) is 0.577. The van der Waals surface area contributed by atoms with Crippen molar-refractivity contribution in [2.24, 2.45) is 0 Å². The number of likely N-dealkylation sites (tertiary alicyclic amines) is 1. The molecule has 2 N–H and O–H groups in total. The van der Waals surface area contributed by atoms with Gasteiger partial charge in [0, 0.05) is 54.6 Å². The number of H-pyrrole nitrogens is 2. The molecule has 0 radical (unpaired) electrons. The molecule has 0 amide bonds. The second kappa shape index (κ2) is 9.02. The number of imidazole rings is 1. The number of alkyl halides is 2. The van der Waals surface area contributed by atoms with Gasteiger partial charge in [0.25, 0.3) is 5.92 Å². The third-order valence-corrected chi connectivity index (χ3v) is 7.12. The Kier molecular flexibility index (Phi) is 5.44. The molecule has 0 aliphatic carbocycles. The number of hydrogen-bond donors (Lipinski definition) is 2. The van der Waals surface area contributed by atoms with Gasteiger partial charge in [0.2, 0.25) is 0 Å². The number of fused-ring (bicyclic) bond motifs is 2. The van der Waals surface area contributed by atoms with Crippen LogP contribution in [0.2, 0.25) is 0 Å². The van der Waals surface area contributed by atoms with Gasteiger partial charge >= 0.3 is 0 Å². The van der Waals surface area contributed by atoms with Crippen molar-refractivity contribution in [3.05, 3.63) is 84.7 Å². The van der Waals surface area contributed by atoms with Gasteiger partial charge in [-0.25, -0.2) is 18.2 Å². The summed E-state index contributed by atoms with van der Waals surface area (Å²) in [6, 6.07) is 14.2. The van der Waals surface area contributed by atoms with Crippen LogP contribution < -0.4 is 0 Å². The van der Waals surface area contributed by atoms with E-state index in [9.17, 15) is 13.2 Å². The zero-order valence-electron chi connectivity index (χ0n) is 20.6. The van der Waals surface area contributed by atoms with E-state index < -0.39 is 5.92 Å². The first-order valence-corrected chi connectivity index (χ1v) is 12.5. The van der Waals surface area contributed by atoms with Crippen LogP contribution in [0, 0.1) is 5.82 Å². The number of nitrogens with zero attached hydrogens (tertiary/aromatic N) is 5. The molecule has 0 spiro atoms. The minimum atomic E-state index is -2.62. The second-order valence-electron chi connectivity index (χ2n) is 9.91. The summed E-state index contributed by atoms with van der Waals surface area (Å²) in [4.78, 5) is 18.6. The standard InChI is InChI=1S/C29H22F3N7/c30-21-4-1-18(2-5-21)23-13-34-14-25-26(23)36-28(35-25)27-22-10-19(3-6-24(22)37-38-27)20-9-17(11-33-12-20)15-39-8-7-29(31,32)16-39/h1-6,9-14H,7-8,15-16H2,(H,35,36)(H,37,38). The molecule has 2 aromatic carbocycles. The van der Waals surface area contributed by atoms with E-state index in [1.165, 1.54) is 12.1 Å². The van der Waals surface area contributed by atoms with Crippen molar-refractivity contribution in [2.75, 3.05) is 13.1 Å². The van der Waals surface area contributed by atoms with Crippen molar-refractivity contribution in [1.82, 2.24) is 35.0 Å². The van der Waals surface area contributed by atoms with Gasteiger partial charge in [-0.2, -0.15) is 5.10 Å². The first-order chi connectivity index (χ1) is 18.9. The normalized spacial score (nSPS) is 15.5. The smallest absolute Gasteiger partial charge is 0.261 e. The first kappa shape index (κ1) is 23.5. The van der Waals surface area contributed by atoms with Crippen LogP contribution in [0.5, 0.6) is 0 Å². The predicted octanol–water partition coefficient (Wildman–Crippen LogP) is 6.21. The van der Waals surface area contributed by atoms with Crippen LogP contribution in [0.3, 0.4) is 0 Å². The lowest BCUT2D eigenvalue weighted by molar-refractivity contribution is 0.0115. The highest BCUT2D eigenvalue weighted by molar-refractivity contribution is 5.98. The SMILES string of the molecule is Fc1ccc(-c2cncc3[nH]c(-c4n[nH]c5ccc(-c6cncc(CN7CCC(F)(F)C7)c6)cc45)nc23)cc1. The van der Waals surface area contributed by atoms with Crippen molar-refractivity contribution < 1.29 is 13.2 Å². The van der Waals surface area contributed by atoms with E-state index >= 15 is 0 Å². The van der Waals surface area contributed by atoms with Crippen LogP contribution in [0.25, 0.3) is 55.7 Å². The number of aromatic nitrogens is 6. The van der Waals surface area contributed by atoms with Crippen molar-refractivity contribution in [3.8, 4) is 33.8 Å². The van der Waals surface area contributed by atoms with Gasteiger partial charge in [0.1, 0.15) is 11.5 Å². The summed E-state index contributed by atoms with van der Waals surface area (Å²) in [7, 11) is 0. The van der Waals surface area contributed by atoms with E-state index in [0.717, 1.165) is 44.2 Å². The summed E-state index contributed by atoms with van der Waals surface area (Å²) in [6.07, 6.45) is 6.80. The van der Waals surface area contributed by atoms with Crippen LogP contribution in [0.15, 0.2) is 73.3 Å². The number of pyridine rings is 2. The van der Waals surface area contributed by atoms with Crippen LogP contribution in [-0.4, -0.2) is 54.0 Å². The van der Waals surface area contributed by atoms with E-state index in [2.05, 4.69) is 25.1 Å². The third-order valence-electron chi connectivity index (χ3n) is 7.12. The molecule has 1 aliphatic rings. The van der Waals surface area contributed by atoms with Gasteiger partial charge < -0.3 is 4.98 Å². The predicted molar refractivity (Wildman–Crippen MR) is 142 cm³/mol. The third kappa shape index (κ3) is 4.42. The fraction of sp³-hybridized carbons (Fsp3) is 0.172. The van der Waals surface area contributed by atoms with Gasteiger partial charge in [0.05, 0.1) is 29.3 Å². The lowest BCUT2D eigenvalue weighted by atomic mass is 10.0.